The van der Waals surface area contributed by atoms with Gasteiger partial charge in [0.1, 0.15) is 0 Å². The highest BCUT2D eigenvalue weighted by atomic mass is 16.1. The monoisotopic (exact) mass is 239 g/mol. The molecular weight excluding hydrogens is 210 g/mol. The molecule has 0 spiro atoms. The quantitative estimate of drug-likeness (QED) is 0.641. The molecule has 0 saturated carbocycles. The van der Waals surface area contributed by atoms with Crippen molar-refractivity contribution in [3.63, 3.8) is 0 Å². The highest BCUT2D eigenvalue weighted by molar-refractivity contribution is 5.92. The number of carbonyl (C=O) groups excluding carboxylic acids is 1. The van der Waals surface area contributed by atoms with Gasteiger partial charge in [-0.15, -0.1) is 0 Å². The number of rotatable bonds is 8. The van der Waals surface area contributed by atoms with Gasteiger partial charge in [-0.2, -0.15) is 0 Å². The molecule has 0 fully saturated rings. The van der Waals surface area contributed by atoms with Crippen LogP contribution in [0.3, 0.4) is 0 Å². The summed E-state index contributed by atoms with van der Waals surface area (Å²) in [5.74, 6) is 0.985. The number of hydrogen-bond acceptors (Lipinski definition) is 1. The summed E-state index contributed by atoms with van der Waals surface area (Å²) >= 11 is 0. The Kier molecular flexibility index (Phi) is 6.51. The van der Waals surface area contributed by atoms with E-state index in [0.29, 0.717) is 11.5 Å². The summed E-state index contributed by atoms with van der Waals surface area (Å²) in [6.45, 7) is 14.7. The third kappa shape index (κ3) is 5.90. The van der Waals surface area contributed by atoms with Crippen molar-refractivity contribution in [2.45, 2.75) is 60.3 Å². The van der Waals surface area contributed by atoms with Crippen molar-refractivity contribution in [3.05, 3.63) is 12.2 Å². The summed E-state index contributed by atoms with van der Waals surface area (Å²) in [6, 6.07) is 0. The lowest BCUT2D eigenvalue weighted by Gasteiger charge is -2.29. The van der Waals surface area contributed by atoms with Crippen molar-refractivity contribution in [3.8, 4) is 0 Å². The molecule has 100 valence electrons. The Morgan fingerprint density at radius 2 is 1.82 bits per heavy atom. The smallest absolute Gasteiger partial charge is 0.244 e. The topological polar surface area (TPSA) is 43.1 Å². The van der Waals surface area contributed by atoms with Gasteiger partial charge in [0.05, 0.1) is 0 Å². The normalized spacial score (nSPS) is 15.4. The molecule has 0 aromatic heterocycles. The lowest BCUT2D eigenvalue weighted by atomic mass is 9.75. The van der Waals surface area contributed by atoms with Crippen molar-refractivity contribution < 1.29 is 4.79 Å². The maximum atomic E-state index is 11.2. The zero-order valence-corrected chi connectivity index (χ0v) is 12.2. The van der Waals surface area contributed by atoms with Crippen molar-refractivity contribution in [2.75, 3.05) is 0 Å². The van der Waals surface area contributed by atoms with Crippen LogP contribution in [-0.2, 0) is 4.79 Å². The summed E-state index contributed by atoms with van der Waals surface area (Å²) in [5, 5.41) is 0. The fourth-order valence-corrected chi connectivity index (χ4v) is 2.71. The zero-order chi connectivity index (χ0) is 13.6. The van der Waals surface area contributed by atoms with Crippen LogP contribution in [0.2, 0.25) is 0 Å². The van der Waals surface area contributed by atoms with E-state index in [2.05, 4.69) is 41.2 Å². The SMILES string of the molecule is C=C(C(N)=O)C(C)(C)CC(C)CC(C)CCC. The molecule has 17 heavy (non-hydrogen) atoms. The highest BCUT2D eigenvalue weighted by Crippen LogP contribution is 2.35. The van der Waals surface area contributed by atoms with Crippen LogP contribution in [-0.4, -0.2) is 5.91 Å². The Labute approximate surface area is 107 Å². The van der Waals surface area contributed by atoms with Crippen molar-refractivity contribution >= 4 is 5.91 Å². The first-order valence-electron chi connectivity index (χ1n) is 6.69. The second-order valence-corrected chi connectivity index (χ2v) is 6.17. The van der Waals surface area contributed by atoms with E-state index in [0.717, 1.165) is 12.3 Å². The molecule has 2 heteroatoms. The van der Waals surface area contributed by atoms with Gasteiger partial charge in [0, 0.05) is 5.57 Å². The Bertz CT molecular complexity index is 268. The minimum Gasteiger partial charge on any atom is -0.366 e. The van der Waals surface area contributed by atoms with E-state index in [1.54, 1.807) is 0 Å². The molecule has 0 saturated heterocycles. The van der Waals surface area contributed by atoms with Crippen LogP contribution >= 0.6 is 0 Å². The van der Waals surface area contributed by atoms with Crippen LogP contribution in [0.4, 0.5) is 0 Å². The number of carbonyl (C=O) groups is 1. The second-order valence-electron chi connectivity index (χ2n) is 6.17. The van der Waals surface area contributed by atoms with Crippen molar-refractivity contribution in [1.82, 2.24) is 0 Å². The third-order valence-corrected chi connectivity index (χ3v) is 3.56. The average molecular weight is 239 g/mol. The standard InChI is InChI=1S/C15H29NO/c1-7-8-11(2)9-12(3)10-15(5,6)13(4)14(16)17/h11-12H,4,7-10H2,1-3,5-6H3,(H2,16,17). The van der Waals surface area contributed by atoms with Crippen LogP contribution in [0.1, 0.15) is 60.3 Å². The van der Waals surface area contributed by atoms with E-state index in [9.17, 15) is 4.79 Å². The minimum atomic E-state index is -0.371. The fraction of sp³-hybridized carbons (Fsp3) is 0.800. The number of amides is 1. The summed E-state index contributed by atoms with van der Waals surface area (Å²) in [5.41, 5.74) is 5.67. The Morgan fingerprint density at radius 3 is 2.24 bits per heavy atom. The maximum Gasteiger partial charge on any atom is 0.244 e. The van der Waals surface area contributed by atoms with E-state index in [4.69, 9.17) is 5.73 Å². The predicted molar refractivity (Wildman–Crippen MR) is 74.6 cm³/mol. The van der Waals surface area contributed by atoms with Crippen LogP contribution in [0.5, 0.6) is 0 Å². The first-order valence-corrected chi connectivity index (χ1v) is 6.69. The first-order chi connectivity index (χ1) is 7.70. The summed E-state index contributed by atoms with van der Waals surface area (Å²) < 4.78 is 0. The second kappa shape index (κ2) is 6.83. The van der Waals surface area contributed by atoms with Crippen LogP contribution in [0.25, 0.3) is 0 Å². The molecule has 2 atom stereocenters. The molecule has 0 rings (SSSR count). The van der Waals surface area contributed by atoms with E-state index < -0.39 is 0 Å². The largest absolute Gasteiger partial charge is 0.366 e. The van der Waals surface area contributed by atoms with Crippen molar-refractivity contribution in [2.24, 2.45) is 23.0 Å². The number of primary amides is 1. The maximum absolute atomic E-state index is 11.2. The molecule has 0 aliphatic rings. The number of hydrogen-bond donors (Lipinski definition) is 1. The van der Waals surface area contributed by atoms with Crippen LogP contribution in [0, 0.1) is 17.3 Å². The molecular formula is C15H29NO. The first kappa shape index (κ1) is 16.2. The van der Waals surface area contributed by atoms with Gasteiger partial charge in [-0.25, -0.2) is 0 Å². The molecule has 0 aliphatic carbocycles. The number of nitrogens with two attached hydrogens (primary N) is 1. The zero-order valence-electron chi connectivity index (χ0n) is 12.2. The van der Waals surface area contributed by atoms with Gasteiger partial charge < -0.3 is 5.73 Å². The van der Waals surface area contributed by atoms with Gasteiger partial charge in [-0.1, -0.05) is 54.0 Å². The van der Waals surface area contributed by atoms with E-state index in [1.165, 1.54) is 19.3 Å². The van der Waals surface area contributed by atoms with Gasteiger partial charge >= 0.3 is 0 Å². The predicted octanol–water partition coefficient (Wildman–Crippen LogP) is 3.91. The lowest BCUT2D eigenvalue weighted by Crippen LogP contribution is -2.28. The molecule has 0 bridgehead atoms. The van der Waals surface area contributed by atoms with Gasteiger partial charge in [0.15, 0.2) is 0 Å². The molecule has 0 heterocycles. The van der Waals surface area contributed by atoms with Gasteiger partial charge in [-0.3, -0.25) is 4.79 Å². The van der Waals surface area contributed by atoms with E-state index >= 15 is 0 Å². The lowest BCUT2D eigenvalue weighted by molar-refractivity contribution is -0.115. The van der Waals surface area contributed by atoms with Gasteiger partial charge in [0.2, 0.25) is 5.91 Å². The molecule has 0 radical (unpaired) electrons. The molecule has 2 nitrogen and oxygen atoms in total. The molecule has 2 unspecified atom stereocenters. The van der Waals surface area contributed by atoms with Gasteiger partial charge in [0.25, 0.3) is 0 Å². The molecule has 0 aliphatic heterocycles. The molecule has 1 amide bonds. The Balaban J connectivity index is 4.31. The third-order valence-electron chi connectivity index (χ3n) is 3.56. The molecule has 0 aromatic carbocycles. The Morgan fingerprint density at radius 1 is 1.29 bits per heavy atom. The van der Waals surface area contributed by atoms with E-state index in [-0.39, 0.29) is 11.3 Å². The van der Waals surface area contributed by atoms with Crippen molar-refractivity contribution in [1.29, 1.82) is 0 Å². The van der Waals surface area contributed by atoms with Crippen LogP contribution < -0.4 is 5.73 Å². The van der Waals surface area contributed by atoms with Crippen LogP contribution in [0.15, 0.2) is 12.2 Å². The van der Waals surface area contributed by atoms with E-state index in [1.807, 2.05) is 0 Å². The average Bonchev–Trinajstić information content (AvgIpc) is 2.15. The Hall–Kier alpha value is -0.790. The highest BCUT2D eigenvalue weighted by Gasteiger charge is 2.27. The molecule has 0 aromatic rings. The summed E-state index contributed by atoms with van der Waals surface area (Å²) in [4.78, 5) is 11.2. The minimum absolute atomic E-state index is 0.183. The molecule has 2 N–H and O–H groups in total. The fourth-order valence-electron chi connectivity index (χ4n) is 2.71. The summed E-state index contributed by atoms with van der Waals surface area (Å²) in [7, 11) is 0. The summed E-state index contributed by atoms with van der Waals surface area (Å²) in [6.07, 6.45) is 4.71. The van der Waals surface area contributed by atoms with Gasteiger partial charge in [-0.05, 0) is 30.1 Å².